The average Bonchev–Trinajstić information content (AvgIpc) is 2.23. The van der Waals surface area contributed by atoms with Gasteiger partial charge in [0.25, 0.3) is 0 Å². The lowest BCUT2D eigenvalue weighted by Gasteiger charge is -2.15. The van der Waals surface area contributed by atoms with Gasteiger partial charge in [0.05, 0.1) is 12.6 Å². The quantitative estimate of drug-likeness (QED) is 0.803. The van der Waals surface area contributed by atoms with E-state index in [1.54, 1.807) is 6.92 Å². The minimum Gasteiger partial charge on any atom is -0.394 e. The molecule has 0 heterocycles. The van der Waals surface area contributed by atoms with E-state index in [0.29, 0.717) is 0 Å². The third-order valence-corrected chi connectivity index (χ3v) is 2.85. The third kappa shape index (κ3) is 4.02. The Bertz CT molecular complexity index is 398. The molecule has 1 unspecified atom stereocenters. The zero-order valence-electron chi connectivity index (χ0n) is 10.2. The summed E-state index contributed by atoms with van der Waals surface area (Å²) in [5.41, 5.74) is 2.78. The highest BCUT2D eigenvalue weighted by Gasteiger charge is 2.10. The first-order valence-electron chi connectivity index (χ1n) is 5.39. The highest BCUT2D eigenvalue weighted by atomic mass is 79.9. The lowest BCUT2D eigenvalue weighted by molar-refractivity contribution is 0.229. The number of carbonyl (C=O) groups excluding carboxylic acids is 1. The van der Waals surface area contributed by atoms with Crippen molar-refractivity contribution < 1.29 is 9.90 Å². The van der Waals surface area contributed by atoms with Crippen LogP contribution in [0.4, 0.5) is 10.5 Å². The summed E-state index contributed by atoms with van der Waals surface area (Å²) in [5, 5.41) is 14.3. The van der Waals surface area contributed by atoms with Crippen molar-refractivity contribution in [1.82, 2.24) is 5.32 Å². The number of carbonyl (C=O) groups is 1. The predicted molar refractivity (Wildman–Crippen MR) is 72.3 cm³/mol. The van der Waals surface area contributed by atoms with Crippen molar-refractivity contribution in [2.45, 2.75) is 26.8 Å². The molecular weight excluding hydrogens is 284 g/mol. The molecule has 0 spiro atoms. The monoisotopic (exact) mass is 300 g/mol. The molecule has 0 aliphatic carbocycles. The average molecular weight is 301 g/mol. The van der Waals surface area contributed by atoms with Gasteiger partial charge in [-0.1, -0.05) is 15.9 Å². The van der Waals surface area contributed by atoms with Crippen molar-refractivity contribution in [1.29, 1.82) is 0 Å². The minimum absolute atomic E-state index is 0.0777. The first-order valence-corrected chi connectivity index (χ1v) is 6.18. The van der Waals surface area contributed by atoms with Crippen LogP contribution in [0.1, 0.15) is 18.1 Å². The molecule has 3 N–H and O–H groups in total. The lowest BCUT2D eigenvalue weighted by Crippen LogP contribution is -2.38. The fourth-order valence-electron chi connectivity index (χ4n) is 1.53. The normalized spacial score (nSPS) is 12.1. The maximum Gasteiger partial charge on any atom is 0.319 e. The van der Waals surface area contributed by atoms with Gasteiger partial charge >= 0.3 is 6.03 Å². The number of aryl methyl sites for hydroxylation is 2. The van der Waals surface area contributed by atoms with Crippen molar-refractivity contribution in [3.63, 3.8) is 0 Å². The Kier molecular flexibility index (Phi) is 4.96. The Morgan fingerprint density at radius 1 is 1.41 bits per heavy atom. The molecule has 0 aliphatic heterocycles. The van der Waals surface area contributed by atoms with Gasteiger partial charge in [0, 0.05) is 10.2 Å². The minimum atomic E-state index is -0.305. The van der Waals surface area contributed by atoms with E-state index in [0.717, 1.165) is 21.3 Å². The van der Waals surface area contributed by atoms with Gasteiger partial charge in [-0.25, -0.2) is 4.79 Å². The van der Waals surface area contributed by atoms with Crippen LogP contribution >= 0.6 is 15.9 Å². The van der Waals surface area contributed by atoms with Gasteiger partial charge in [-0.3, -0.25) is 0 Å². The fourth-order valence-corrected chi connectivity index (χ4v) is 2.21. The number of nitrogens with one attached hydrogen (secondary N) is 2. The molecule has 0 radical (unpaired) electrons. The largest absolute Gasteiger partial charge is 0.394 e. The summed E-state index contributed by atoms with van der Waals surface area (Å²) >= 11 is 3.40. The van der Waals surface area contributed by atoms with Gasteiger partial charge in [0.15, 0.2) is 0 Å². The molecule has 1 aromatic carbocycles. The van der Waals surface area contributed by atoms with E-state index in [4.69, 9.17) is 5.11 Å². The number of aliphatic hydroxyl groups excluding tert-OH is 1. The maximum atomic E-state index is 11.6. The van der Waals surface area contributed by atoms with Gasteiger partial charge in [0.2, 0.25) is 0 Å². The number of benzene rings is 1. The molecule has 0 saturated heterocycles. The summed E-state index contributed by atoms with van der Waals surface area (Å²) in [5.74, 6) is 0. The summed E-state index contributed by atoms with van der Waals surface area (Å²) in [6.45, 7) is 5.53. The zero-order chi connectivity index (χ0) is 13.0. The Hall–Kier alpha value is -1.07. The predicted octanol–water partition coefficient (Wildman–Crippen LogP) is 2.57. The van der Waals surface area contributed by atoms with Crippen LogP contribution in [0.3, 0.4) is 0 Å². The Morgan fingerprint density at radius 2 is 1.94 bits per heavy atom. The molecule has 17 heavy (non-hydrogen) atoms. The Morgan fingerprint density at radius 3 is 2.41 bits per heavy atom. The molecule has 1 rings (SSSR count). The van der Waals surface area contributed by atoms with Crippen molar-refractivity contribution >= 4 is 27.6 Å². The van der Waals surface area contributed by atoms with Crippen molar-refractivity contribution in [2.24, 2.45) is 0 Å². The third-order valence-electron chi connectivity index (χ3n) is 2.39. The van der Waals surface area contributed by atoms with Crippen LogP contribution in [-0.4, -0.2) is 23.8 Å². The van der Waals surface area contributed by atoms with E-state index in [9.17, 15) is 4.79 Å². The SMILES string of the molecule is Cc1cc(Br)cc(C)c1NC(=O)NC(C)CO. The second kappa shape index (κ2) is 6.02. The van der Waals surface area contributed by atoms with Crippen LogP contribution < -0.4 is 10.6 Å². The number of hydrogen-bond donors (Lipinski definition) is 3. The second-order valence-corrected chi connectivity index (χ2v) is 5.01. The van der Waals surface area contributed by atoms with Crippen molar-refractivity contribution in [3.8, 4) is 0 Å². The number of rotatable bonds is 3. The standard InChI is InChI=1S/C12H17BrN2O2/c1-7-4-10(13)5-8(2)11(7)15-12(17)14-9(3)6-16/h4-5,9,16H,6H2,1-3H3,(H2,14,15,17). The molecule has 94 valence electrons. The van der Waals surface area contributed by atoms with E-state index in [1.807, 2.05) is 26.0 Å². The summed E-state index contributed by atoms with van der Waals surface area (Å²) in [6, 6.07) is 3.32. The summed E-state index contributed by atoms with van der Waals surface area (Å²) < 4.78 is 0.988. The number of urea groups is 1. The van der Waals surface area contributed by atoms with E-state index in [-0.39, 0.29) is 18.7 Å². The van der Waals surface area contributed by atoms with Crippen molar-refractivity contribution in [3.05, 3.63) is 27.7 Å². The van der Waals surface area contributed by atoms with Crippen molar-refractivity contribution in [2.75, 3.05) is 11.9 Å². The smallest absolute Gasteiger partial charge is 0.319 e. The highest BCUT2D eigenvalue weighted by molar-refractivity contribution is 9.10. The summed E-state index contributed by atoms with van der Waals surface area (Å²) in [6.07, 6.45) is 0. The van der Waals surface area contributed by atoms with E-state index < -0.39 is 0 Å². The van der Waals surface area contributed by atoms with Crippen LogP contribution in [0.15, 0.2) is 16.6 Å². The van der Waals surface area contributed by atoms with Gasteiger partial charge in [-0.05, 0) is 44.0 Å². The van der Waals surface area contributed by atoms with Crippen LogP contribution in [0.25, 0.3) is 0 Å². The number of amides is 2. The molecule has 4 nitrogen and oxygen atoms in total. The Balaban J connectivity index is 2.78. The topological polar surface area (TPSA) is 61.4 Å². The number of anilines is 1. The molecule has 0 bridgehead atoms. The molecule has 1 atom stereocenters. The van der Waals surface area contributed by atoms with E-state index in [1.165, 1.54) is 0 Å². The number of hydrogen-bond acceptors (Lipinski definition) is 2. The van der Waals surface area contributed by atoms with E-state index >= 15 is 0 Å². The molecular formula is C12H17BrN2O2. The van der Waals surface area contributed by atoms with Crippen LogP contribution in [0.5, 0.6) is 0 Å². The molecule has 0 aliphatic rings. The van der Waals surface area contributed by atoms with Crippen LogP contribution in [0, 0.1) is 13.8 Å². The summed E-state index contributed by atoms with van der Waals surface area (Å²) in [4.78, 5) is 11.6. The highest BCUT2D eigenvalue weighted by Crippen LogP contribution is 2.24. The second-order valence-electron chi connectivity index (χ2n) is 4.10. The molecule has 1 aromatic rings. The molecule has 5 heteroatoms. The Labute approximate surface area is 110 Å². The van der Waals surface area contributed by atoms with Gasteiger partial charge in [-0.2, -0.15) is 0 Å². The zero-order valence-corrected chi connectivity index (χ0v) is 11.8. The molecule has 0 fully saturated rings. The van der Waals surface area contributed by atoms with Crippen LogP contribution in [0.2, 0.25) is 0 Å². The van der Waals surface area contributed by atoms with E-state index in [2.05, 4.69) is 26.6 Å². The fraction of sp³-hybridized carbons (Fsp3) is 0.417. The molecule has 0 saturated carbocycles. The maximum absolute atomic E-state index is 11.6. The summed E-state index contributed by atoms with van der Waals surface area (Å²) in [7, 11) is 0. The molecule has 0 aromatic heterocycles. The number of halogens is 1. The van der Waals surface area contributed by atoms with Gasteiger partial charge < -0.3 is 15.7 Å². The number of aliphatic hydroxyl groups is 1. The molecule has 2 amide bonds. The first-order chi connectivity index (χ1) is 7.93. The first kappa shape index (κ1) is 14.0. The van der Waals surface area contributed by atoms with Gasteiger partial charge in [-0.15, -0.1) is 0 Å². The van der Waals surface area contributed by atoms with Gasteiger partial charge in [0.1, 0.15) is 0 Å². The lowest BCUT2D eigenvalue weighted by atomic mass is 10.1. The van der Waals surface area contributed by atoms with Crippen LogP contribution in [-0.2, 0) is 0 Å².